The molecule has 0 unspecified atom stereocenters. The van der Waals surface area contributed by atoms with Gasteiger partial charge < -0.3 is 10.1 Å². The average Bonchev–Trinajstić information content (AvgIpc) is 2.02. The van der Waals surface area contributed by atoms with Crippen molar-refractivity contribution in [1.29, 1.82) is 0 Å². The molecule has 0 aromatic carbocycles. The lowest BCUT2D eigenvalue weighted by atomic mass is 10.4. The van der Waals surface area contributed by atoms with Crippen molar-refractivity contribution in [3.8, 4) is 0 Å². The molecule has 0 fully saturated rings. The molecule has 0 heterocycles. The number of allylic oxidation sites excluding steroid dienone is 1. The predicted octanol–water partition coefficient (Wildman–Crippen LogP) is 2.34. The lowest BCUT2D eigenvalue weighted by Gasteiger charge is -2.13. The zero-order chi connectivity index (χ0) is 11.0. The van der Waals surface area contributed by atoms with Crippen LogP contribution in [0.5, 0.6) is 0 Å². The van der Waals surface area contributed by atoms with Crippen molar-refractivity contribution in [1.82, 2.24) is 5.32 Å². The summed E-state index contributed by atoms with van der Waals surface area (Å²) < 4.78 is 5.46. The van der Waals surface area contributed by atoms with Gasteiger partial charge in [-0.15, -0.1) is 0 Å². The Bertz CT molecular complexity index is 195. The lowest BCUT2D eigenvalue weighted by molar-refractivity contribution is 0.323. The van der Waals surface area contributed by atoms with Gasteiger partial charge in [-0.25, -0.2) is 4.99 Å². The molecule has 0 saturated carbocycles. The van der Waals surface area contributed by atoms with Crippen molar-refractivity contribution in [3.05, 3.63) is 12.2 Å². The zero-order valence-corrected chi connectivity index (χ0v) is 9.87. The zero-order valence-electron chi connectivity index (χ0n) is 9.87. The molecule has 0 saturated heterocycles. The fourth-order valence-electron chi connectivity index (χ4n) is 0.821. The van der Waals surface area contributed by atoms with Gasteiger partial charge in [-0.2, -0.15) is 0 Å². The third-order valence-electron chi connectivity index (χ3n) is 1.34. The number of aliphatic imine (C=N–C) groups is 1. The minimum absolute atomic E-state index is 0.252. The highest BCUT2D eigenvalue weighted by molar-refractivity contribution is 5.74. The normalized spacial score (nSPS) is 12.9. The molecule has 0 aromatic heterocycles. The topological polar surface area (TPSA) is 33.6 Å². The van der Waals surface area contributed by atoms with E-state index in [0.717, 1.165) is 0 Å². The van der Waals surface area contributed by atoms with Gasteiger partial charge in [0, 0.05) is 12.1 Å². The van der Waals surface area contributed by atoms with Gasteiger partial charge in [-0.1, -0.05) is 12.2 Å². The third-order valence-corrected chi connectivity index (χ3v) is 1.34. The van der Waals surface area contributed by atoms with Crippen molar-refractivity contribution < 1.29 is 4.74 Å². The Morgan fingerprint density at radius 2 is 2.00 bits per heavy atom. The Kier molecular flexibility index (Phi) is 6.89. The van der Waals surface area contributed by atoms with E-state index in [-0.39, 0.29) is 6.04 Å². The van der Waals surface area contributed by atoms with Gasteiger partial charge in [0.2, 0.25) is 0 Å². The van der Waals surface area contributed by atoms with E-state index in [9.17, 15) is 0 Å². The summed E-state index contributed by atoms with van der Waals surface area (Å²) in [6.45, 7) is 10.7. The van der Waals surface area contributed by atoms with Gasteiger partial charge in [0.05, 0.1) is 0 Å². The van der Waals surface area contributed by atoms with Crippen molar-refractivity contribution >= 4 is 6.02 Å². The molecular weight excluding hydrogens is 176 g/mol. The van der Waals surface area contributed by atoms with Crippen LogP contribution in [0.4, 0.5) is 0 Å². The Labute approximate surface area is 87.3 Å². The molecule has 0 radical (unpaired) electrons. The van der Waals surface area contributed by atoms with Crippen LogP contribution in [-0.2, 0) is 4.74 Å². The maximum atomic E-state index is 5.46. The summed E-state index contributed by atoms with van der Waals surface area (Å²) >= 11 is 0. The molecular formula is C11H22N2O. The predicted molar refractivity (Wildman–Crippen MR) is 61.6 cm³/mol. The van der Waals surface area contributed by atoms with Crippen molar-refractivity contribution in [3.63, 3.8) is 0 Å². The van der Waals surface area contributed by atoms with Crippen LogP contribution >= 0.6 is 0 Å². The molecule has 0 aromatic rings. The Morgan fingerprint density at radius 1 is 1.36 bits per heavy atom. The largest absolute Gasteiger partial charge is 0.461 e. The number of hydrogen-bond donors (Lipinski definition) is 1. The van der Waals surface area contributed by atoms with Gasteiger partial charge in [-0.05, 0) is 34.6 Å². The number of nitrogens with one attached hydrogen (secondary N) is 1. The van der Waals surface area contributed by atoms with Crippen LogP contribution in [-0.4, -0.2) is 24.7 Å². The van der Waals surface area contributed by atoms with Crippen LogP contribution in [0.2, 0.25) is 0 Å². The van der Waals surface area contributed by atoms with Crippen LogP contribution in [0.3, 0.4) is 0 Å². The number of hydrogen-bond acceptors (Lipinski definition) is 2. The average molecular weight is 198 g/mol. The van der Waals surface area contributed by atoms with Gasteiger partial charge in [0.1, 0.15) is 6.61 Å². The van der Waals surface area contributed by atoms with E-state index < -0.39 is 0 Å². The molecule has 0 spiro atoms. The van der Waals surface area contributed by atoms with E-state index in [0.29, 0.717) is 18.7 Å². The summed E-state index contributed by atoms with van der Waals surface area (Å²) in [5.41, 5.74) is 0. The Morgan fingerprint density at radius 3 is 2.43 bits per heavy atom. The molecule has 0 aliphatic carbocycles. The molecule has 0 aliphatic rings. The van der Waals surface area contributed by atoms with Gasteiger partial charge in [0.25, 0.3) is 6.02 Å². The maximum Gasteiger partial charge on any atom is 0.285 e. The van der Waals surface area contributed by atoms with Crippen molar-refractivity contribution in [2.75, 3.05) is 6.61 Å². The molecule has 1 N–H and O–H groups in total. The smallest absolute Gasteiger partial charge is 0.285 e. The third kappa shape index (κ3) is 7.65. The summed E-state index contributed by atoms with van der Waals surface area (Å²) in [4.78, 5) is 4.34. The van der Waals surface area contributed by atoms with E-state index in [4.69, 9.17) is 4.74 Å². The number of amidine groups is 1. The van der Waals surface area contributed by atoms with Crippen LogP contribution < -0.4 is 5.32 Å². The molecule has 0 aliphatic heterocycles. The first-order valence-electron chi connectivity index (χ1n) is 5.14. The fraction of sp³-hybridized carbons (Fsp3) is 0.727. The van der Waals surface area contributed by atoms with E-state index in [2.05, 4.69) is 24.2 Å². The first-order valence-corrected chi connectivity index (χ1v) is 5.14. The van der Waals surface area contributed by atoms with Crippen LogP contribution in [0, 0.1) is 0 Å². The van der Waals surface area contributed by atoms with Crippen LogP contribution in [0.15, 0.2) is 17.1 Å². The van der Waals surface area contributed by atoms with E-state index in [1.807, 2.05) is 32.9 Å². The van der Waals surface area contributed by atoms with Gasteiger partial charge in [0.15, 0.2) is 0 Å². The summed E-state index contributed by atoms with van der Waals surface area (Å²) in [6.07, 6.45) is 3.92. The quantitative estimate of drug-likeness (QED) is 0.427. The highest BCUT2D eigenvalue weighted by Crippen LogP contribution is 1.91. The van der Waals surface area contributed by atoms with E-state index in [1.54, 1.807) is 0 Å². The standard InChI is InChI=1S/C11H22N2O/c1-6-7-8-14-11(12-9(2)3)13-10(4)5/h6-7,9-10H,8H2,1-5H3,(H,12,13)/b7-6-. The molecule has 0 bridgehead atoms. The first kappa shape index (κ1) is 13.0. The Balaban J connectivity index is 4.11. The van der Waals surface area contributed by atoms with Gasteiger partial charge in [-0.3, -0.25) is 0 Å². The molecule has 14 heavy (non-hydrogen) atoms. The second kappa shape index (κ2) is 7.42. The van der Waals surface area contributed by atoms with Crippen LogP contribution in [0.1, 0.15) is 34.6 Å². The monoisotopic (exact) mass is 198 g/mol. The summed E-state index contributed by atoms with van der Waals surface area (Å²) in [5, 5.41) is 3.16. The summed E-state index contributed by atoms with van der Waals surface area (Å²) in [7, 11) is 0. The Hall–Kier alpha value is -0.990. The number of rotatable bonds is 4. The fourth-order valence-corrected chi connectivity index (χ4v) is 0.821. The molecule has 82 valence electrons. The number of ether oxygens (including phenoxy) is 1. The molecule has 0 amide bonds. The van der Waals surface area contributed by atoms with E-state index >= 15 is 0 Å². The molecule has 0 rings (SSSR count). The highest BCUT2D eigenvalue weighted by atomic mass is 16.5. The molecule has 3 nitrogen and oxygen atoms in total. The first-order chi connectivity index (χ1) is 6.56. The van der Waals surface area contributed by atoms with Crippen LogP contribution in [0.25, 0.3) is 0 Å². The van der Waals surface area contributed by atoms with Crippen molar-refractivity contribution in [2.24, 2.45) is 4.99 Å². The van der Waals surface area contributed by atoms with Crippen molar-refractivity contribution in [2.45, 2.75) is 46.7 Å². The summed E-state index contributed by atoms with van der Waals surface area (Å²) in [6, 6.07) is 1.23. The number of nitrogens with zero attached hydrogens (tertiary/aromatic N) is 1. The summed E-state index contributed by atoms with van der Waals surface area (Å²) in [5.74, 6) is 0. The lowest BCUT2D eigenvalue weighted by Crippen LogP contribution is -2.33. The van der Waals surface area contributed by atoms with E-state index in [1.165, 1.54) is 0 Å². The SMILES string of the molecule is C/C=C\COC(=NC(C)C)NC(C)C. The highest BCUT2D eigenvalue weighted by Gasteiger charge is 2.02. The second-order valence-electron chi connectivity index (χ2n) is 3.71. The minimum Gasteiger partial charge on any atom is -0.461 e. The second-order valence-corrected chi connectivity index (χ2v) is 3.71. The van der Waals surface area contributed by atoms with Gasteiger partial charge >= 0.3 is 0 Å². The molecule has 3 heteroatoms. The minimum atomic E-state index is 0.252. The molecule has 0 atom stereocenters. The maximum absolute atomic E-state index is 5.46.